The fraction of sp³-hybridized carbons (Fsp3) is 0. The summed E-state index contributed by atoms with van der Waals surface area (Å²) < 4.78 is 0. The Labute approximate surface area is 169 Å². The highest BCUT2D eigenvalue weighted by Gasteiger charge is 1.91. The van der Waals surface area contributed by atoms with Crippen LogP contribution >= 0.6 is 0 Å². The summed E-state index contributed by atoms with van der Waals surface area (Å²) in [6.45, 7) is 3.11. The van der Waals surface area contributed by atoms with E-state index >= 15 is 0 Å². The SMILES string of the molecule is C=C(N)N.NC(N)=NC(=O)/C=C/c1ccccc1.O=C(O)/C=C/c1ccccc1. The Balaban J connectivity index is 0.000000466. The molecule has 0 radical (unpaired) electrons. The molecule has 8 nitrogen and oxygen atoms in total. The van der Waals surface area contributed by atoms with Gasteiger partial charge in [0.15, 0.2) is 5.96 Å². The number of nitrogens with zero attached hydrogens (tertiary/aromatic N) is 1. The Morgan fingerprint density at radius 1 is 0.793 bits per heavy atom. The minimum Gasteiger partial charge on any atom is -0.478 e. The number of aliphatic imine (C=N–C) groups is 1. The van der Waals surface area contributed by atoms with E-state index in [1.165, 1.54) is 6.08 Å². The Morgan fingerprint density at radius 2 is 1.17 bits per heavy atom. The summed E-state index contributed by atoms with van der Waals surface area (Å²) in [6.07, 6.45) is 5.64. The molecule has 0 saturated heterocycles. The highest BCUT2D eigenvalue weighted by atomic mass is 16.4. The smallest absolute Gasteiger partial charge is 0.328 e. The monoisotopic (exact) mass is 395 g/mol. The van der Waals surface area contributed by atoms with Crippen LogP contribution < -0.4 is 22.9 Å². The van der Waals surface area contributed by atoms with Crippen LogP contribution in [0.3, 0.4) is 0 Å². The highest BCUT2D eigenvalue weighted by molar-refractivity contribution is 5.99. The van der Waals surface area contributed by atoms with Gasteiger partial charge in [-0.05, 0) is 23.3 Å². The number of benzene rings is 2. The van der Waals surface area contributed by atoms with E-state index in [2.05, 4.69) is 11.6 Å². The van der Waals surface area contributed by atoms with Crippen molar-refractivity contribution in [1.82, 2.24) is 0 Å². The van der Waals surface area contributed by atoms with Gasteiger partial charge in [0.2, 0.25) is 0 Å². The van der Waals surface area contributed by atoms with Crippen molar-refractivity contribution in [1.29, 1.82) is 0 Å². The average Bonchev–Trinajstić information content (AvgIpc) is 2.66. The summed E-state index contributed by atoms with van der Waals surface area (Å²) in [5.74, 6) is -1.45. The Kier molecular flexibility index (Phi) is 12.6. The maximum atomic E-state index is 11.0. The largest absolute Gasteiger partial charge is 0.478 e. The average molecular weight is 395 g/mol. The molecule has 0 heterocycles. The molecule has 1 amide bonds. The quantitative estimate of drug-likeness (QED) is 0.297. The third-order valence-electron chi connectivity index (χ3n) is 2.68. The van der Waals surface area contributed by atoms with Crippen molar-refractivity contribution in [3.05, 3.63) is 96.3 Å². The number of carbonyl (C=O) groups is 2. The minimum atomic E-state index is -0.922. The standard InChI is InChI=1S/C10H11N3O.C9H8O2.C2H6N2/c11-10(12)13-9(14)7-6-8-4-2-1-3-5-8;10-9(11)7-6-8-4-2-1-3-5-8;1-2(3)4/h1-7H,(H4,11,12,13,14);1-7H,(H,10,11);1,3-4H2/b2*7-6+;. The number of guanidine groups is 1. The zero-order chi connectivity index (χ0) is 22.1. The summed E-state index contributed by atoms with van der Waals surface area (Å²) >= 11 is 0. The van der Waals surface area contributed by atoms with Crippen LogP contribution in [0.25, 0.3) is 12.2 Å². The molecule has 2 rings (SSSR count). The lowest BCUT2D eigenvalue weighted by Gasteiger charge is -1.90. The van der Waals surface area contributed by atoms with Crippen molar-refractivity contribution in [3.63, 3.8) is 0 Å². The predicted octanol–water partition coefficient (Wildman–Crippen LogP) is 1.66. The molecule has 0 unspecified atom stereocenters. The molecule has 8 heteroatoms. The molecular weight excluding hydrogens is 370 g/mol. The van der Waals surface area contributed by atoms with Gasteiger partial charge in [-0.25, -0.2) is 4.79 Å². The first-order valence-corrected chi connectivity index (χ1v) is 8.23. The van der Waals surface area contributed by atoms with Crippen LogP contribution in [0.4, 0.5) is 0 Å². The lowest BCUT2D eigenvalue weighted by atomic mass is 10.2. The molecule has 9 N–H and O–H groups in total. The predicted molar refractivity (Wildman–Crippen MR) is 117 cm³/mol. The van der Waals surface area contributed by atoms with Crippen molar-refractivity contribution in [2.45, 2.75) is 0 Å². The van der Waals surface area contributed by atoms with Crippen molar-refractivity contribution in [2.24, 2.45) is 27.9 Å². The van der Waals surface area contributed by atoms with Crippen LogP contribution in [0, 0.1) is 0 Å². The van der Waals surface area contributed by atoms with Gasteiger partial charge in [0.1, 0.15) is 0 Å². The Hall–Kier alpha value is -4.33. The summed E-state index contributed by atoms with van der Waals surface area (Å²) in [4.78, 5) is 24.4. The number of carboxylic acid groups (broad SMARTS) is 1. The number of aliphatic carboxylic acids is 1. The zero-order valence-corrected chi connectivity index (χ0v) is 15.8. The lowest BCUT2D eigenvalue weighted by molar-refractivity contribution is -0.131. The minimum absolute atomic E-state index is 0.167. The molecule has 0 aliphatic heterocycles. The van der Waals surface area contributed by atoms with E-state index in [0.29, 0.717) is 0 Å². The van der Waals surface area contributed by atoms with E-state index in [-0.39, 0.29) is 11.8 Å². The van der Waals surface area contributed by atoms with E-state index in [4.69, 9.17) is 28.0 Å². The van der Waals surface area contributed by atoms with Crippen LogP contribution in [-0.2, 0) is 9.59 Å². The van der Waals surface area contributed by atoms with E-state index < -0.39 is 11.9 Å². The number of carbonyl (C=O) groups excluding carboxylic acids is 1. The van der Waals surface area contributed by atoms with Gasteiger partial charge in [0, 0.05) is 12.2 Å². The molecule has 0 atom stereocenters. The summed E-state index contributed by atoms with van der Waals surface area (Å²) in [7, 11) is 0. The molecule has 0 aliphatic rings. The molecule has 0 spiro atoms. The number of amides is 1. The molecular formula is C21H25N5O3. The molecule has 2 aromatic rings. The molecule has 0 saturated carbocycles. The molecule has 0 aromatic heterocycles. The lowest BCUT2D eigenvalue weighted by Crippen LogP contribution is -2.23. The summed E-state index contributed by atoms with van der Waals surface area (Å²) in [5, 5.41) is 8.29. The number of hydrogen-bond acceptors (Lipinski definition) is 4. The second-order valence-corrected chi connectivity index (χ2v) is 5.28. The van der Waals surface area contributed by atoms with Crippen LogP contribution in [0.5, 0.6) is 0 Å². The van der Waals surface area contributed by atoms with Crippen LogP contribution in [0.1, 0.15) is 11.1 Å². The number of nitrogens with two attached hydrogens (primary N) is 4. The van der Waals surface area contributed by atoms with E-state index in [9.17, 15) is 9.59 Å². The van der Waals surface area contributed by atoms with Crippen molar-refractivity contribution >= 4 is 30.0 Å². The molecule has 2 aromatic carbocycles. The fourth-order valence-electron chi connectivity index (χ4n) is 1.63. The Bertz CT molecular complexity index is 852. The van der Waals surface area contributed by atoms with E-state index in [1.54, 1.807) is 12.2 Å². The van der Waals surface area contributed by atoms with Gasteiger partial charge in [0.25, 0.3) is 5.91 Å². The third-order valence-corrected chi connectivity index (χ3v) is 2.68. The van der Waals surface area contributed by atoms with Gasteiger partial charge < -0.3 is 28.0 Å². The normalized spacial score (nSPS) is 9.52. The number of carboxylic acids is 1. The maximum Gasteiger partial charge on any atom is 0.328 e. The molecule has 0 fully saturated rings. The topological polar surface area (TPSA) is 171 Å². The van der Waals surface area contributed by atoms with Gasteiger partial charge in [-0.2, -0.15) is 4.99 Å². The highest BCUT2D eigenvalue weighted by Crippen LogP contribution is 2.01. The first kappa shape index (κ1) is 24.7. The van der Waals surface area contributed by atoms with E-state index in [1.807, 2.05) is 60.7 Å². The molecule has 152 valence electrons. The first-order chi connectivity index (χ1) is 13.7. The third kappa shape index (κ3) is 16.9. The summed E-state index contributed by atoms with van der Waals surface area (Å²) in [5.41, 5.74) is 21.3. The van der Waals surface area contributed by atoms with Crippen molar-refractivity contribution in [2.75, 3.05) is 0 Å². The van der Waals surface area contributed by atoms with Crippen LogP contribution in [0.15, 0.2) is 90.2 Å². The van der Waals surface area contributed by atoms with Crippen molar-refractivity contribution in [3.8, 4) is 0 Å². The van der Waals surface area contributed by atoms with Gasteiger partial charge in [-0.1, -0.05) is 67.2 Å². The van der Waals surface area contributed by atoms with Crippen LogP contribution in [0.2, 0.25) is 0 Å². The summed E-state index contributed by atoms with van der Waals surface area (Å²) in [6, 6.07) is 18.7. The number of hydrogen-bond donors (Lipinski definition) is 5. The van der Waals surface area contributed by atoms with Gasteiger partial charge in [-0.15, -0.1) is 0 Å². The second-order valence-electron chi connectivity index (χ2n) is 5.28. The fourth-order valence-corrected chi connectivity index (χ4v) is 1.63. The Morgan fingerprint density at radius 3 is 1.52 bits per heavy atom. The van der Waals surface area contributed by atoms with Gasteiger partial charge in [-0.3, -0.25) is 4.79 Å². The van der Waals surface area contributed by atoms with Gasteiger partial charge in [0.05, 0.1) is 5.82 Å². The van der Waals surface area contributed by atoms with Crippen molar-refractivity contribution < 1.29 is 14.7 Å². The second kappa shape index (κ2) is 14.8. The molecule has 0 bridgehead atoms. The zero-order valence-electron chi connectivity index (χ0n) is 15.8. The molecule has 29 heavy (non-hydrogen) atoms. The van der Waals surface area contributed by atoms with E-state index in [0.717, 1.165) is 17.2 Å². The van der Waals surface area contributed by atoms with Gasteiger partial charge >= 0.3 is 5.97 Å². The first-order valence-electron chi connectivity index (χ1n) is 8.23. The maximum absolute atomic E-state index is 11.0. The van der Waals surface area contributed by atoms with Crippen LogP contribution in [-0.4, -0.2) is 22.9 Å². The molecule has 0 aliphatic carbocycles. The number of rotatable bonds is 4.